The van der Waals surface area contributed by atoms with Gasteiger partial charge in [0.1, 0.15) is 0 Å². The van der Waals surface area contributed by atoms with Crippen molar-refractivity contribution in [2.75, 3.05) is 0 Å². The van der Waals surface area contributed by atoms with Crippen molar-refractivity contribution < 1.29 is 0 Å². The standard InChI is InChI=1S/C23H40S/c1-21-15-10-8-12-19-11-7-5-4-6-9-16-22(21,2)23(3,24)18-14-20(19)13-17-21/h24H,4-18H2,1-3H3/b20-19+. The summed E-state index contributed by atoms with van der Waals surface area (Å²) >= 11 is 5.38. The lowest BCUT2D eigenvalue weighted by molar-refractivity contribution is -0.00450. The molecule has 3 aliphatic carbocycles. The maximum Gasteiger partial charge on any atom is 0.0163 e. The Morgan fingerprint density at radius 2 is 1.12 bits per heavy atom. The third kappa shape index (κ3) is 3.49. The van der Waals surface area contributed by atoms with Crippen molar-refractivity contribution in [3.05, 3.63) is 11.1 Å². The fraction of sp³-hybridized carbons (Fsp3) is 0.913. The summed E-state index contributed by atoms with van der Waals surface area (Å²) in [6, 6.07) is 0. The molecule has 0 aromatic heterocycles. The highest BCUT2D eigenvalue weighted by atomic mass is 32.1. The quantitative estimate of drug-likeness (QED) is 0.334. The number of allylic oxidation sites excluding steroid dienone is 2. The summed E-state index contributed by atoms with van der Waals surface area (Å²) < 4.78 is 0.164. The van der Waals surface area contributed by atoms with Crippen molar-refractivity contribution in [2.45, 2.75) is 122 Å². The number of thiol groups is 1. The van der Waals surface area contributed by atoms with Crippen LogP contribution in [0.3, 0.4) is 0 Å². The van der Waals surface area contributed by atoms with Crippen LogP contribution >= 0.6 is 12.6 Å². The Bertz CT molecular complexity index is 474. The molecular formula is C23H40S. The Kier molecular flexibility index (Phi) is 5.80. The Morgan fingerprint density at radius 3 is 1.92 bits per heavy atom. The van der Waals surface area contributed by atoms with Gasteiger partial charge < -0.3 is 0 Å². The number of hydrogen-bond acceptors (Lipinski definition) is 1. The smallest absolute Gasteiger partial charge is 0.0163 e. The summed E-state index contributed by atoms with van der Waals surface area (Å²) in [7, 11) is 0. The highest BCUT2D eigenvalue weighted by Gasteiger charge is 2.53. The minimum Gasteiger partial charge on any atom is -0.172 e. The van der Waals surface area contributed by atoms with Crippen molar-refractivity contribution in [3.63, 3.8) is 0 Å². The Hall–Kier alpha value is 0.0900. The van der Waals surface area contributed by atoms with Gasteiger partial charge in [0, 0.05) is 4.75 Å². The van der Waals surface area contributed by atoms with Gasteiger partial charge in [0.05, 0.1) is 0 Å². The second-order valence-corrected chi connectivity index (χ2v) is 10.8. The molecule has 0 radical (unpaired) electrons. The Labute approximate surface area is 156 Å². The summed E-state index contributed by atoms with van der Waals surface area (Å²) in [6.45, 7) is 7.73. The van der Waals surface area contributed by atoms with Crippen LogP contribution in [0, 0.1) is 10.8 Å². The van der Waals surface area contributed by atoms with Gasteiger partial charge in [-0.2, -0.15) is 12.6 Å². The zero-order valence-electron chi connectivity index (χ0n) is 16.6. The predicted octanol–water partition coefficient (Wildman–Crippen LogP) is 7.88. The van der Waals surface area contributed by atoms with Gasteiger partial charge in [0.25, 0.3) is 0 Å². The molecule has 0 spiro atoms. The summed E-state index contributed by atoms with van der Waals surface area (Å²) in [5.74, 6) is 0. The number of hydrogen-bond donors (Lipinski definition) is 1. The van der Waals surface area contributed by atoms with E-state index in [9.17, 15) is 0 Å². The van der Waals surface area contributed by atoms with Gasteiger partial charge in [0.15, 0.2) is 0 Å². The van der Waals surface area contributed by atoms with Crippen molar-refractivity contribution in [1.82, 2.24) is 0 Å². The average Bonchev–Trinajstić information content (AvgIpc) is 2.61. The van der Waals surface area contributed by atoms with E-state index in [0.29, 0.717) is 10.8 Å². The fourth-order valence-electron chi connectivity index (χ4n) is 6.15. The van der Waals surface area contributed by atoms with Crippen molar-refractivity contribution in [3.8, 4) is 0 Å². The lowest BCUT2D eigenvalue weighted by Gasteiger charge is -2.57. The molecule has 24 heavy (non-hydrogen) atoms. The third-order valence-corrected chi connectivity index (χ3v) is 9.24. The average molecular weight is 349 g/mol. The maximum atomic E-state index is 5.38. The molecule has 1 heteroatoms. The molecular weight excluding hydrogens is 308 g/mol. The van der Waals surface area contributed by atoms with Gasteiger partial charge in [-0.25, -0.2) is 0 Å². The zero-order chi connectivity index (χ0) is 17.3. The van der Waals surface area contributed by atoms with Gasteiger partial charge >= 0.3 is 0 Å². The van der Waals surface area contributed by atoms with Gasteiger partial charge in [-0.1, -0.05) is 64.0 Å². The van der Waals surface area contributed by atoms with E-state index in [1.165, 1.54) is 96.3 Å². The van der Waals surface area contributed by atoms with Crippen molar-refractivity contribution >= 4 is 12.6 Å². The molecule has 0 N–H and O–H groups in total. The van der Waals surface area contributed by atoms with Crippen LogP contribution < -0.4 is 0 Å². The van der Waals surface area contributed by atoms with E-state index >= 15 is 0 Å². The molecule has 3 rings (SSSR count). The number of rotatable bonds is 0. The van der Waals surface area contributed by atoms with Gasteiger partial charge in [-0.15, -0.1) is 0 Å². The minimum absolute atomic E-state index is 0.164. The largest absolute Gasteiger partial charge is 0.172 e. The van der Waals surface area contributed by atoms with Crippen molar-refractivity contribution in [2.24, 2.45) is 10.8 Å². The van der Waals surface area contributed by atoms with Crippen LogP contribution in [0.2, 0.25) is 0 Å². The summed E-state index contributed by atoms with van der Waals surface area (Å²) in [4.78, 5) is 0. The first-order valence-electron chi connectivity index (χ1n) is 10.8. The molecule has 0 aromatic rings. The normalized spacial score (nSPS) is 45.5. The number of fused-ring (bicyclic) bond motifs is 6. The molecule has 1 fully saturated rings. The Balaban J connectivity index is 2.07. The molecule has 0 saturated heterocycles. The van der Waals surface area contributed by atoms with E-state index < -0.39 is 0 Å². The first-order valence-corrected chi connectivity index (χ1v) is 11.2. The van der Waals surface area contributed by atoms with Crippen LogP contribution in [-0.4, -0.2) is 4.75 Å². The zero-order valence-corrected chi connectivity index (χ0v) is 17.4. The monoisotopic (exact) mass is 348 g/mol. The molecule has 3 bridgehead atoms. The second kappa shape index (κ2) is 7.37. The molecule has 0 amide bonds. The first kappa shape index (κ1) is 18.9. The highest BCUT2D eigenvalue weighted by Crippen LogP contribution is 2.61. The molecule has 138 valence electrons. The van der Waals surface area contributed by atoms with Gasteiger partial charge in [-0.05, 0) is 75.0 Å². The van der Waals surface area contributed by atoms with Crippen LogP contribution in [0.1, 0.15) is 117 Å². The fourth-order valence-corrected chi connectivity index (χ4v) is 6.65. The molecule has 3 atom stereocenters. The molecule has 0 heterocycles. The molecule has 3 unspecified atom stereocenters. The summed E-state index contributed by atoms with van der Waals surface area (Å²) in [5.41, 5.74) is 4.54. The summed E-state index contributed by atoms with van der Waals surface area (Å²) in [5, 5.41) is 0. The van der Waals surface area contributed by atoms with Crippen LogP contribution in [0.5, 0.6) is 0 Å². The van der Waals surface area contributed by atoms with Crippen LogP contribution in [0.4, 0.5) is 0 Å². The lowest BCUT2D eigenvalue weighted by Crippen LogP contribution is -2.52. The highest BCUT2D eigenvalue weighted by molar-refractivity contribution is 7.81. The van der Waals surface area contributed by atoms with Gasteiger partial charge in [0.2, 0.25) is 0 Å². The van der Waals surface area contributed by atoms with E-state index in [1.807, 2.05) is 11.1 Å². The summed E-state index contributed by atoms with van der Waals surface area (Å²) in [6.07, 6.45) is 21.0. The lowest BCUT2D eigenvalue weighted by atomic mass is 9.52. The molecule has 1 saturated carbocycles. The van der Waals surface area contributed by atoms with Crippen LogP contribution in [0.25, 0.3) is 0 Å². The van der Waals surface area contributed by atoms with Crippen molar-refractivity contribution in [1.29, 1.82) is 0 Å². The Morgan fingerprint density at radius 1 is 0.583 bits per heavy atom. The molecule has 0 aromatic carbocycles. The van der Waals surface area contributed by atoms with E-state index in [2.05, 4.69) is 20.8 Å². The minimum atomic E-state index is 0.164. The topological polar surface area (TPSA) is 0 Å². The van der Waals surface area contributed by atoms with E-state index in [0.717, 1.165) is 0 Å². The molecule has 0 nitrogen and oxygen atoms in total. The SMILES string of the molecule is CC1(S)CC/C2=C3\CCCCCCCC1(C)C(C)(CCCC3)CC2. The second-order valence-electron chi connectivity index (χ2n) is 9.85. The van der Waals surface area contributed by atoms with E-state index in [1.54, 1.807) is 0 Å². The maximum absolute atomic E-state index is 5.38. The van der Waals surface area contributed by atoms with Gasteiger partial charge in [-0.3, -0.25) is 0 Å². The van der Waals surface area contributed by atoms with Crippen LogP contribution in [-0.2, 0) is 0 Å². The molecule has 0 aliphatic heterocycles. The van der Waals surface area contributed by atoms with E-state index in [-0.39, 0.29) is 4.75 Å². The molecule has 3 aliphatic rings. The van der Waals surface area contributed by atoms with Crippen LogP contribution in [0.15, 0.2) is 11.1 Å². The predicted molar refractivity (Wildman–Crippen MR) is 110 cm³/mol. The first-order chi connectivity index (χ1) is 11.4. The third-order valence-electron chi connectivity index (χ3n) is 8.53. The van der Waals surface area contributed by atoms with E-state index in [4.69, 9.17) is 12.6 Å².